The molecule has 1 atom stereocenters. The van der Waals surface area contributed by atoms with E-state index in [4.69, 9.17) is 9.47 Å². The van der Waals surface area contributed by atoms with Gasteiger partial charge >= 0.3 is 0 Å². The smallest absolute Gasteiger partial charge is 0.279 e. The van der Waals surface area contributed by atoms with Crippen LogP contribution in [0.1, 0.15) is 50.7 Å². The molecule has 1 saturated carbocycles. The van der Waals surface area contributed by atoms with E-state index in [1.165, 1.54) is 19.1 Å². The van der Waals surface area contributed by atoms with Crippen LogP contribution >= 0.6 is 0 Å². The maximum absolute atomic E-state index is 11.1. The van der Waals surface area contributed by atoms with E-state index in [1.54, 1.807) is 0 Å². The maximum atomic E-state index is 11.1. The Morgan fingerprint density at radius 1 is 1.25 bits per heavy atom. The number of ether oxygens (including phenoxy) is 2. The molecule has 1 fully saturated rings. The van der Waals surface area contributed by atoms with Gasteiger partial charge in [-0.3, -0.25) is 10.1 Å². The SMILES string of the molecule is CC(O)c1cc2c(cc1[N+](=O)[O-])OC1(CCCCC1)O2. The van der Waals surface area contributed by atoms with Gasteiger partial charge in [0.05, 0.1) is 22.7 Å². The second kappa shape index (κ2) is 4.63. The van der Waals surface area contributed by atoms with Crippen LogP contribution in [0.5, 0.6) is 11.5 Å². The molecular weight excluding hydrogens is 262 g/mol. The fourth-order valence-corrected chi connectivity index (χ4v) is 2.93. The van der Waals surface area contributed by atoms with Gasteiger partial charge in [-0.2, -0.15) is 0 Å². The normalized spacial score (nSPS) is 20.9. The van der Waals surface area contributed by atoms with E-state index in [2.05, 4.69) is 0 Å². The molecule has 1 unspecified atom stereocenters. The number of rotatable bonds is 2. The van der Waals surface area contributed by atoms with Crippen LogP contribution in [0.3, 0.4) is 0 Å². The fourth-order valence-electron chi connectivity index (χ4n) is 2.93. The third kappa shape index (κ3) is 2.10. The van der Waals surface area contributed by atoms with Gasteiger partial charge in [0, 0.05) is 12.8 Å². The summed E-state index contributed by atoms with van der Waals surface area (Å²) in [6, 6.07) is 2.89. The van der Waals surface area contributed by atoms with Crippen molar-refractivity contribution in [1.82, 2.24) is 0 Å². The molecule has 6 heteroatoms. The predicted molar refractivity (Wildman–Crippen MR) is 70.8 cm³/mol. The summed E-state index contributed by atoms with van der Waals surface area (Å²) in [5, 5.41) is 20.8. The third-order valence-electron chi connectivity index (χ3n) is 3.95. The standard InChI is InChI=1S/C14H17NO5/c1-9(16)10-7-12-13(8-11(10)15(17)18)20-14(19-12)5-3-2-4-6-14/h7-9,16H,2-6H2,1H3. The average Bonchev–Trinajstić information content (AvgIpc) is 2.74. The second-order valence-corrected chi connectivity index (χ2v) is 5.47. The number of aliphatic hydroxyl groups is 1. The maximum Gasteiger partial charge on any atom is 0.279 e. The lowest BCUT2D eigenvalue weighted by Crippen LogP contribution is -2.40. The van der Waals surface area contributed by atoms with Crippen LogP contribution in [0.25, 0.3) is 0 Å². The molecule has 6 nitrogen and oxygen atoms in total. The molecule has 0 bridgehead atoms. The number of nitro groups is 1. The van der Waals surface area contributed by atoms with E-state index in [9.17, 15) is 15.2 Å². The van der Waals surface area contributed by atoms with Crippen LogP contribution in [0.4, 0.5) is 5.69 Å². The lowest BCUT2D eigenvalue weighted by molar-refractivity contribution is -0.386. The molecule has 1 aliphatic heterocycles. The van der Waals surface area contributed by atoms with Crippen molar-refractivity contribution in [2.24, 2.45) is 0 Å². The summed E-state index contributed by atoms with van der Waals surface area (Å²) in [4.78, 5) is 10.6. The highest BCUT2D eigenvalue weighted by molar-refractivity contribution is 5.56. The average molecular weight is 279 g/mol. The van der Waals surface area contributed by atoms with Gasteiger partial charge in [-0.25, -0.2) is 0 Å². The predicted octanol–water partition coefficient (Wildman–Crippen LogP) is 3.08. The molecule has 108 valence electrons. The summed E-state index contributed by atoms with van der Waals surface area (Å²) in [5.74, 6) is 0.239. The molecule has 3 rings (SSSR count). The minimum Gasteiger partial charge on any atom is -0.448 e. The van der Waals surface area contributed by atoms with Gasteiger partial charge in [0.25, 0.3) is 11.5 Å². The Balaban J connectivity index is 1.99. The number of fused-ring (bicyclic) bond motifs is 1. The van der Waals surface area contributed by atoms with Gasteiger partial charge in [-0.15, -0.1) is 0 Å². The molecule has 1 aliphatic carbocycles. The minimum atomic E-state index is -0.924. The van der Waals surface area contributed by atoms with E-state index in [-0.39, 0.29) is 11.3 Å². The van der Waals surface area contributed by atoms with Crippen LogP contribution in [0, 0.1) is 10.1 Å². The monoisotopic (exact) mass is 279 g/mol. The Labute approximate surface area is 116 Å². The van der Waals surface area contributed by atoms with Crippen molar-refractivity contribution in [1.29, 1.82) is 0 Å². The first-order chi connectivity index (χ1) is 9.51. The molecule has 0 amide bonds. The van der Waals surface area contributed by atoms with Crippen molar-refractivity contribution < 1.29 is 19.5 Å². The fraction of sp³-hybridized carbons (Fsp3) is 0.571. The number of hydrogen-bond acceptors (Lipinski definition) is 5. The number of nitrogens with zero attached hydrogens (tertiary/aromatic N) is 1. The van der Waals surface area contributed by atoms with Crippen molar-refractivity contribution in [2.45, 2.75) is 50.9 Å². The summed E-state index contributed by atoms with van der Waals surface area (Å²) in [5.41, 5.74) is 0.125. The van der Waals surface area contributed by atoms with Crippen LogP contribution in [-0.4, -0.2) is 15.8 Å². The van der Waals surface area contributed by atoms with Gasteiger partial charge < -0.3 is 14.6 Å². The van der Waals surface area contributed by atoms with Crippen molar-refractivity contribution in [2.75, 3.05) is 0 Å². The lowest BCUT2D eigenvalue weighted by Gasteiger charge is -2.31. The van der Waals surface area contributed by atoms with E-state index >= 15 is 0 Å². The number of benzene rings is 1. The van der Waals surface area contributed by atoms with Gasteiger partial charge in [0.2, 0.25) is 0 Å². The highest BCUT2D eigenvalue weighted by atomic mass is 16.7. The van der Waals surface area contributed by atoms with Crippen molar-refractivity contribution >= 4 is 5.69 Å². The minimum absolute atomic E-state index is 0.129. The summed E-state index contributed by atoms with van der Waals surface area (Å²) < 4.78 is 11.8. The van der Waals surface area contributed by atoms with Crippen molar-refractivity contribution in [3.63, 3.8) is 0 Å². The third-order valence-corrected chi connectivity index (χ3v) is 3.95. The van der Waals surface area contributed by atoms with Crippen molar-refractivity contribution in [3.05, 3.63) is 27.8 Å². The van der Waals surface area contributed by atoms with Gasteiger partial charge in [-0.05, 0) is 25.8 Å². The van der Waals surface area contributed by atoms with Gasteiger partial charge in [0.15, 0.2) is 11.5 Å². The number of nitro benzene ring substituents is 1. The summed E-state index contributed by atoms with van der Waals surface area (Å²) in [6.07, 6.45) is 3.87. The highest BCUT2D eigenvalue weighted by Gasteiger charge is 2.43. The van der Waals surface area contributed by atoms with Crippen LogP contribution in [0.15, 0.2) is 12.1 Å². The Hall–Kier alpha value is -1.82. The first kappa shape index (κ1) is 13.2. The molecule has 0 aromatic heterocycles. The summed E-state index contributed by atoms with van der Waals surface area (Å²) in [6.45, 7) is 1.50. The Bertz CT molecular complexity index is 549. The van der Waals surface area contributed by atoms with Crippen LogP contribution < -0.4 is 9.47 Å². The van der Waals surface area contributed by atoms with Crippen molar-refractivity contribution in [3.8, 4) is 11.5 Å². The second-order valence-electron chi connectivity index (χ2n) is 5.47. The van der Waals surface area contributed by atoms with E-state index < -0.39 is 16.8 Å². The zero-order valence-electron chi connectivity index (χ0n) is 11.3. The molecular formula is C14H17NO5. The lowest BCUT2D eigenvalue weighted by atomic mass is 9.94. The molecule has 1 aromatic carbocycles. The Morgan fingerprint density at radius 2 is 1.85 bits per heavy atom. The number of aliphatic hydroxyl groups excluding tert-OH is 1. The summed E-state index contributed by atoms with van der Waals surface area (Å²) in [7, 11) is 0. The van der Waals surface area contributed by atoms with E-state index in [1.807, 2.05) is 0 Å². The molecule has 1 aromatic rings. The molecule has 1 heterocycles. The summed E-state index contributed by atoms with van der Waals surface area (Å²) >= 11 is 0. The first-order valence-corrected chi connectivity index (χ1v) is 6.89. The Kier molecular flexibility index (Phi) is 3.05. The van der Waals surface area contributed by atoms with E-state index in [0.29, 0.717) is 11.5 Å². The molecule has 20 heavy (non-hydrogen) atoms. The van der Waals surface area contributed by atoms with Gasteiger partial charge in [-0.1, -0.05) is 6.42 Å². The molecule has 1 spiro atoms. The van der Waals surface area contributed by atoms with Crippen LogP contribution in [0.2, 0.25) is 0 Å². The Morgan fingerprint density at radius 3 is 2.40 bits per heavy atom. The first-order valence-electron chi connectivity index (χ1n) is 6.89. The van der Waals surface area contributed by atoms with E-state index in [0.717, 1.165) is 32.1 Å². The number of hydrogen-bond donors (Lipinski definition) is 1. The largest absolute Gasteiger partial charge is 0.448 e. The van der Waals surface area contributed by atoms with Crippen LogP contribution in [-0.2, 0) is 0 Å². The molecule has 0 saturated heterocycles. The zero-order chi connectivity index (χ0) is 14.3. The molecule has 2 aliphatic rings. The van der Waals surface area contributed by atoms with Gasteiger partial charge in [0.1, 0.15) is 0 Å². The zero-order valence-corrected chi connectivity index (χ0v) is 11.3. The quantitative estimate of drug-likeness (QED) is 0.664. The molecule has 1 N–H and O–H groups in total. The topological polar surface area (TPSA) is 81.8 Å². The molecule has 0 radical (unpaired) electrons. The highest BCUT2D eigenvalue weighted by Crippen LogP contribution is 2.48.